The Morgan fingerprint density at radius 2 is 1.81 bits per heavy atom. The molecule has 160 valence electrons. The smallest absolute Gasteiger partial charge is 0.226 e. The van der Waals surface area contributed by atoms with Crippen molar-refractivity contribution in [3.05, 3.63) is 89.1 Å². The maximum Gasteiger partial charge on any atom is 0.226 e. The number of benzene rings is 2. The lowest BCUT2D eigenvalue weighted by Crippen LogP contribution is -1.92. The van der Waals surface area contributed by atoms with Crippen molar-refractivity contribution in [3.63, 3.8) is 0 Å². The molecule has 5 nitrogen and oxygen atoms in total. The molecule has 0 fully saturated rings. The molecular weight excluding hydrogens is 416 g/mol. The van der Waals surface area contributed by atoms with E-state index in [1.54, 1.807) is 18.0 Å². The molecule has 0 saturated heterocycles. The van der Waals surface area contributed by atoms with Gasteiger partial charge in [0.05, 0.1) is 16.9 Å². The second kappa shape index (κ2) is 8.28. The molecule has 5 rings (SSSR count). The molecule has 2 aromatic carbocycles. The van der Waals surface area contributed by atoms with Crippen LogP contribution in [-0.4, -0.2) is 19.6 Å². The molecule has 3 heterocycles. The van der Waals surface area contributed by atoms with Crippen molar-refractivity contribution >= 4 is 17.3 Å². The number of nitrogens with zero attached hydrogens (tertiary/aromatic N) is 4. The summed E-state index contributed by atoms with van der Waals surface area (Å²) in [5, 5.41) is 5.73. The molecule has 0 aliphatic rings. The van der Waals surface area contributed by atoms with Gasteiger partial charge in [-0.15, -0.1) is 0 Å². The highest BCUT2D eigenvalue weighted by Crippen LogP contribution is 2.31. The van der Waals surface area contributed by atoms with Crippen LogP contribution >= 0.6 is 11.8 Å². The van der Waals surface area contributed by atoms with Crippen LogP contribution in [0, 0.1) is 27.7 Å². The summed E-state index contributed by atoms with van der Waals surface area (Å²) in [6.45, 7) is 8.26. The Labute approximate surface area is 191 Å². The molecule has 0 aliphatic carbocycles. The Balaban J connectivity index is 1.43. The maximum atomic E-state index is 5.96. The van der Waals surface area contributed by atoms with Crippen LogP contribution in [0.3, 0.4) is 0 Å². The van der Waals surface area contributed by atoms with E-state index in [0.717, 1.165) is 38.8 Å². The van der Waals surface area contributed by atoms with Crippen molar-refractivity contribution in [1.82, 2.24) is 19.6 Å². The van der Waals surface area contributed by atoms with Crippen molar-refractivity contribution in [2.24, 2.45) is 0 Å². The highest BCUT2D eigenvalue weighted by molar-refractivity contribution is 7.98. The van der Waals surface area contributed by atoms with Gasteiger partial charge < -0.3 is 4.42 Å². The van der Waals surface area contributed by atoms with Crippen LogP contribution in [0.2, 0.25) is 0 Å². The number of thioether (sulfide) groups is 1. The molecular formula is C26H24N4OS. The van der Waals surface area contributed by atoms with E-state index in [-0.39, 0.29) is 0 Å². The number of hydrogen-bond acceptors (Lipinski definition) is 5. The third kappa shape index (κ3) is 3.94. The molecule has 0 unspecified atom stereocenters. The van der Waals surface area contributed by atoms with Gasteiger partial charge in [-0.05, 0) is 57.5 Å². The van der Waals surface area contributed by atoms with E-state index < -0.39 is 0 Å². The van der Waals surface area contributed by atoms with E-state index in [1.165, 1.54) is 16.7 Å². The first-order valence-electron chi connectivity index (χ1n) is 10.6. The molecule has 0 amide bonds. The Morgan fingerprint density at radius 3 is 2.66 bits per heavy atom. The van der Waals surface area contributed by atoms with Crippen LogP contribution in [0.1, 0.15) is 28.1 Å². The molecule has 0 radical (unpaired) electrons. The SMILES string of the molecule is Cc1cccc(-c2nc(CSc3nccn4nc(-c5cc(C)ccc5C)cc34)c(C)o2)c1. The van der Waals surface area contributed by atoms with Gasteiger partial charge in [-0.25, -0.2) is 14.5 Å². The zero-order valence-corrected chi connectivity index (χ0v) is 19.4. The van der Waals surface area contributed by atoms with E-state index >= 15 is 0 Å². The number of fused-ring (bicyclic) bond motifs is 1. The molecule has 0 aliphatic heterocycles. The van der Waals surface area contributed by atoms with Crippen LogP contribution in [0.4, 0.5) is 0 Å². The minimum atomic E-state index is 0.662. The minimum Gasteiger partial charge on any atom is -0.441 e. The summed E-state index contributed by atoms with van der Waals surface area (Å²) in [6, 6.07) is 16.8. The lowest BCUT2D eigenvalue weighted by atomic mass is 10.0. The zero-order chi connectivity index (χ0) is 22.2. The van der Waals surface area contributed by atoms with Crippen LogP contribution in [0.25, 0.3) is 28.2 Å². The summed E-state index contributed by atoms with van der Waals surface area (Å²) in [7, 11) is 0. The highest BCUT2D eigenvalue weighted by atomic mass is 32.2. The van der Waals surface area contributed by atoms with Crippen molar-refractivity contribution in [3.8, 4) is 22.7 Å². The van der Waals surface area contributed by atoms with Gasteiger partial charge in [0, 0.05) is 29.3 Å². The lowest BCUT2D eigenvalue weighted by Gasteiger charge is -2.03. The first-order chi connectivity index (χ1) is 15.5. The Morgan fingerprint density at radius 1 is 0.969 bits per heavy atom. The number of aryl methyl sites for hydroxylation is 4. The second-order valence-corrected chi connectivity index (χ2v) is 9.05. The highest BCUT2D eigenvalue weighted by Gasteiger charge is 2.15. The summed E-state index contributed by atoms with van der Waals surface area (Å²) in [5.74, 6) is 2.18. The lowest BCUT2D eigenvalue weighted by molar-refractivity contribution is 0.540. The van der Waals surface area contributed by atoms with Crippen molar-refractivity contribution in [2.75, 3.05) is 0 Å². The zero-order valence-electron chi connectivity index (χ0n) is 18.6. The van der Waals surface area contributed by atoms with Gasteiger partial charge in [-0.3, -0.25) is 0 Å². The third-order valence-electron chi connectivity index (χ3n) is 5.53. The minimum absolute atomic E-state index is 0.662. The van der Waals surface area contributed by atoms with Gasteiger partial charge in [0.15, 0.2) is 0 Å². The van der Waals surface area contributed by atoms with Crippen LogP contribution in [-0.2, 0) is 5.75 Å². The molecule has 0 bridgehead atoms. The first-order valence-corrected chi connectivity index (χ1v) is 11.5. The van der Waals surface area contributed by atoms with Gasteiger partial charge >= 0.3 is 0 Å². The molecule has 0 spiro atoms. The molecule has 6 heteroatoms. The number of aromatic nitrogens is 4. The summed E-state index contributed by atoms with van der Waals surface area (Å²) in [5.41, 5.74) is 8.66. The molecule has 3 aromatic heterocycles. The van der Waals surface area contributed by atoms with Crippen molar-refractivity contribution in [2.45, 2.75) is 38.5 Å². The number of oxazole rings is 1. The van der Waals surface area contributed by atoms with Crippen LogP contribution in [0.5, 0.6) is 0 Å². The number of hydrogen-bond donors (Lipinski definition) is 0. The Bertz CT molecular complexity index is 1430. The second-order valence-electron chi connectivity index (χ2n) is 8.09. The average Bonchev–Trinajstić information content (AvgIpc) is 3.38. The molecule has 5 aromatic rings. The predicted molar refractivity (Wildman–Crippen MR) is 129 cm³/mol. The fraction of sp³-hybridized carbons (Fsp3) is 0.192. The fourth-order valence-corrected chi connectivity index (χ4v) is 4.73. The van der Waals surface area contributed by atoms with E-state index in [1.807, 2.05) is 29.8 Å². The summed E-state index contributed by atoms with van der Waals surface area (Å²) < 4.78 is 7.86. The Hall–Kier alpha value is -3.38. The standard InChI is InChI=1S/C26H24N4OS/c1-16-6-5-7-20(12-16)25-28-23(19(4)31-25)15-32-26-24-14-22(29-30(24)11-10-27-26)21-13-17(2)8-9-18(21)3/h5-14H,15H2,1-4H3. The molecule has 0 N–H and O–H groups in total. The van der Waals surface area contributed by atoms with Crippen LogP contribution in [0.15, 0.2) is 70.4 Å². The summed E-state index contributed by atoms with van der Waals surface area (Å²) in [6.07, 6.45) is 3.69. The summed E-state index contributed by atoms with van der Waals surface area (Å²) >= 11 is 1.65. The van der Waals surface area contributed by atoms with E-state index in [2.05, 4.69) is 62.2 Å². The van der Waals surface area contributed by atoms with Gasteiger partial charge in [0.25, 0.3) is 0 Å². The van der Waals surface area contributed by atoms with Crippen molar-refractivity contribution in [1.29, 1.82) is 0 Å². The average molecular weight is 441 g/mol. The largest absolute Gasteiger partial charge is 0.441 e. The van der Waals surface area contributed by atoms with E-state index in [0.29, 0.717) is 11.6 Å². The monoisotopic (exact) mass is 440 g/mol. The maximum absolute atomic E-state index is 5.96. The Kier molecular flexibility index (Phi) is 5.31. The van der Waals surface area contributed by atoms with Crippen LogP contribution < -0.4 is 0 Å². The fourth-order valence-electron chi connectivity index (χ4n) is 3.75. The normalized spacial score (nSPS) is 11.4. The van der Waals surface area contributed by atoms with Gasteiger partial charge in [-0.2, -0.15) is 5.10 Å². The summed E-state index contributed by atoms with van der Waals surface area (Å²) in [4.78, 5) is 9.37. The van der Waals surface area contributed by atoms with E-state index in [4.69, 9.17) is 14.5 Å². The molecule has 0 atom stereocenters. The van der Waals surface area contributed by atoms with E-state index in [9.17, 15) is 0 Å². The van der Waals surface area contributed by atoms with Gasteiger partial charge in [0.1, 0.15) is 10.8 Å². The quantitative estimate of drug-likeness (QED) is 0.289. The number of rotatable bonds is 5. The van der Waals surface area contributed by atoms with Gasteiger partial charge in [0.2, 0.25) is 5.89 Å². The predicted octanol–water partition coefficient (Wildman–Crippen LogP) is 6.58. The molecule has 0 saturated carbocycles. The molecule has 32 heavy (non-hydrogen) atoms. The first kappa shape index (κ1) is 20.5. The topological polar surface area (TPSA) is 56.2 Å². The van der Waals surface area contributed by atoms with Crippen molar-refractivity contribution < 1.29 is 4.42 Å². The van der Waals surface area contributed by atoms with Gasteiger partial charge in [-0.1, -0.05) is 47.2 Å². The third-order valence-corrected chi connectivity index (χ3v) is 6.53.